The molecule has 1 amide bonds. The number of imidazole rings is 1. The lowest BCUT2D eigenvalue weighted by molar-refractivity contribution is 0.0948. The Kier molecular flexibility index (Phi) is 4.65. The van der Waals surface area contributed by atoms with Gasteiger partial charge in [0.2, 0.25) is 0 Å². The van der Waals surface area contributed by atoms with E-state index in [1.165, 1.54) is 6.92 Å². The van der Waals surface area contributed by atoms with Gasteiger partial charge in [0, 0.05) is 35.4 Å². The molecule has 3 heterocycles. The average Bonchev–Trinajstić information content (AvgIpc) is 3.14. The van der Waals surface area contributed by atoms with Crippen molar-refractivity contribution in [3.05, 3.63) is 71.7 Å². The van der Waals surface area contributed by atoms with Crippen LogP contribution in [0.5, 0.6) is 0 Å². The van der Waals surface area contributed by atoms with Crippen molar-refractivity contribution in [2.45, 2.75) is 20.4 Å². The van der Waals surface area contributed by atoms with Gasteiger partial charge < -0.3 is 5.32 Å². The molecule has 0 atom stereocenters. The fourth-order valence-corrected chi connectivity index (χ4v) is 2.45. The van der Waals surface area contributed by atoms with E-state index in [9.17, 15) is 9.59 Å². The maximum atomic E-state index is 12.4. The summed E-state index contributed by atoms with van der Waals surface area (Å²) in [6.45, 7) is 3.57. The SMILES string of the molecule is CC(=O)c1ccc(CNC(=O)c2ccnc(-n3ccnc3)c2)nc1C. The van der Waals surface area contributed by atoms with E-state index in [0.717, 1.165) is 0 Å². The Morgan fingerprint density at radius 1 is 1.20 bits per heavy atom. The van der Waals surface area contributed by atoms with Crippen LogP contribution in [0.3, 0.4) is 0 Å². The van der Waals surface area contributed by atoms with Crippen molar-refractivity contribution in [3.63, 3.8) is 0 Å². The van der Waals surface area contributed by atoms with Gasteiger partial charge in [0.05, 0.1) is 12.2 Å². The number of nitrogens with one attached hydrogen (secondary N) is 1. The molecule has 3 aromatic rings. The van der Waals surface area contributed by atoms with E-state index in [-0.39, 0.29) is 18.2 Å². The average molecular weight is 335 g/mol. The normalized spacial score (nSPS) is 10.5. The van der Waals surface area contributed by atoms with Crippen LogP contribution in [-0.2, 0) is 6.54 Å². The fraction of sp³-hybridized carbons (Fsp3) is 0.167. The van der Waals surface area contributed by atoms with Crippen LogP contribution in [0.25, 0.3) is 5.82 Å². The summed E-state index contributed by atoms with van der Waals surface area (Å²) < 4.78 is 1.72. The van der Waals surface area contributed by atoms with Gasteiger partial charge >= 0.3 is 0 Å². The zero-order valence-corrected chi connectivity index (χ0v) is 13.9. The first-order valence-corrected chi connectivity index (χ1v) is 7.74. The van der Waals surface area contributed by atoms with Crippen molar-refractivity contribution in [3.8, 4) is 5.82 Å². The van der Waals surface area contributed by atoms with Crippen LogP contribution in [0.2, 0.25) is 0 Å². The molecular formula is C18H17N5O2. The second-order valence-corrected chi connectivity index (χ2v) is 5.55. The zero-order chi connectivity index (χ0) is 17.8. The fourth-order valence-electron chi connectivity index (χ4n) is 2.45. The highest BCUT2D eigenvalue weighted by atomic mass is 16.1. The third-order valence-corrected chi connectivity index (χ3v) is 3.73. The van der Waals surface area contributed by atoms with Crippen LogP contribution in [0.1, 0.15) is 39.0 Å². The number of carbonyl (C=O) groups excluding carboxylic acids is 2. The molecule has 0 saturated heterocycles. The number of ketones is 1. The number of Topliss-reactive ketones (excluding diaryl/α,β-unsaturated/α-hetero) is 1. The number of nitrogens with zero attached hydrogens (tertiary/aromatic N) is 4. The monoisotopic (exact) mass is 335 g/mol. The molecule has 0 aliphatic carbocycles. The van der Waals surface area contributed by atoms with E-state index in [2.05, 4.69) is 20.3 Å². The molecule has 0 bridgehead atoms. The Labute approximate surface area is 144 Å². The molecule has 7 nitrogen and oxygen atoms in total. The van der Waals surface area contributed by atoms with E-state index >= 15 is 0 Å². The molecule has 3 aromatic heterocycles. The van der Waals surface area contributed by atoms with Crippen molar-refractivity contribution in [2.24, 2.45) is 0 Å². The summed E-state index contributed by atoms with van der Waals surface area (Å²) in [7, 11) is 0. The number of amides is 1. The molecule has 0 fully saturated rings. The third kappa shape index (κ3) is 3.77. The van der Waals surface area contributed by atoms with E-state index in [4.69, 9.17) is 0 Å². The van der Waals surface area contributed by atoms with Crippen molar-refractivity contribution >= 4 is 11.7 Å². The minimum Gasteiger partial charge on any atom is -0.346 e. The summed E-state index contributed by atoms with van der Waals surface area (Å²) in [5.74, 6) is 0.369. The minimum atomic E-state index is -0.223. The predicted molar refractivity (Wildman–Crippen MR) is 91.5 cm³/mol. The molecule has 0 aliphatic heterocycles. The lowest BCUT2D eigenvalue weighted by atomic mass is 10.1. The molecule has 25 heavy (non-hydrogen) atoms. The molecule has 0 aromatic carbocycles. The standard InChI is InChI=1S/C18H17N5O2/c1-12-16(13(2)24)4-3-15(22-12)10-21-18(25)14-5-6-20-17(9-14)23-8-7-19-11-23/h3-9,11H,10H2,1-2H3,(H,21,25). The largest absolute Gasteiger partial charge is 0.346 e. The van der Waals surface area contributed by atoms with Crippen molar-refractivity contribution in [1.29, 1.82) is 0 Å². The predicted octanol–water partition coefficient (Wildman–Crippen LogP) is 2.10. The van der Waals surface area contributed by atoms with Gasteiger partial charge in [-0.15, -0.1) is 0 Å². The third-order valence-electron chi connectivity index (χ3n) is 3.73. The van der Waals surface area contributed by atoms with E-state index in [1.54, 1.807) is 60.7 Å². The molecule has 3 rings (SSSR count). The van der Waals surface area contributed by atoms with Gasteiger partial charge in [-0.3, -0.25) is 19.1 Å². The second-order valence-electron chi connectivity index (χ2n) is 5.55. The molecule has 0 unspecified atom stereocenters. The smallest absolute Gasteiger partial charge is 0.251 e. The first kappa shape index (κ1) is 16.5. The molecule has 0 aliphatic rings. The Bertz CT molecular complexity index is 919. The Morgan fingerprint density at radius 2 is 2.04 bits per heavy atom. The number of aromatic nitrogens is 4. The summed E-state index contributed by atoms with van der Waals surface area (Å²) in [6.07, 6.45) is 6.60. The van der Waals surface area contributed by atoms with Gasteiger partial charge in [-0.2, -0.15) is 0 Å². The molecule has 126 valence electrons. The van der Waals surface area contributed by atoms with Crippen LogP contribution in [0.4, 0.5) is 0 Å². The first-order valence-electron chi connectivity index (χ1n) is 7.74. The zero-order valence-electron chi connectivity index (χ0n) is 13.9. The molecular weight excluding hydrogens is 318 g/mol. The van der Waals surface area contributed by atoms with Gasteiger partial charge in [0.25, 0.3) is 5.91 Å². The van der Waals surface area contributed by atoms with Crippen molar-refractivity contribution in [2.75, 3.05) is 0 Å². The van der Waals surface area contributed by atoms with Crippen molar-refractivity contribution in [1.82, 2.24) is 24.8 Å². The quantitative estimate of drug-likeness (QED) is 0.721. The topological polar surface area (TPSA) is 89.8 Å². The Balaban J connectivity index is 1.70. The summed E-state index contributed by atoms with van der Waals surface area (Å²) in [5, 5.41) is 2.82. The molecule has 1 N–H and O–H groups in total. The van der Waals surface area contributed by atoms with E-state index in [0.29, 0.717) is 28.3 Å². The number of carbonyl (C=O) groups is 2. The number of hydrogen-bond donors (Lipinski definition) is 1. The van der Waals surface area contributed by atoms with Crippen molar-refractivity contribution < 1.29 is 9.59 Å². The maximum Gasteiger partial charge on any atom is 0.251 e. The van der Waals surface area contributed by atoms with Gasteiger partial charge in [-0.05, 0) is 38.1 Å². The highest BCUT2D eigenvalue weighted by molar-refractivity contribution is 5.95. The van der Waals surface area contributed by atoms with Gasteiger partial charge in [-0.1, -0.05) is 0 Å². The van der Waals surface area contributed by atoms with Crippen LogP contribution < -0.4 is 5.32 Å². The molecule has 0 saturated carbocycles. The highest BCUT2D eigenvalue weighted by Crippen LogP contribution is 2.09. The van der Waals surface area contributed by atoms with Gasteiger partial charge in [-0.25, -0.2) is 9.97 Å². The first-order chi connectivity index (χ1) is 12.0. The van der Waals surface area contributed by atoms with E-state index in [1.807, 2.05) is 0 Å². The van der Waals surface area contributed by atoms with Crippen LogP contribution in [0.15, 0.2) is 49.2 Å². The number of aryl methyl sites for hydroxylation is 1. The van der Waals surface area contributed by atoms with Gasteiger partial charge in [0.1, 0.15) is 12.1 Å². The minimum absolute atomic E-state index is 0.0237. The van der Waals surface area contributed by atoms with Gasteiger partial charge in [0.15, 0.2) is 5.78 Å². The molecule has 7 heteroatoms. The maximum absolute atomic E-state index is 12.4. The number of pyridine rings is 2. The highest BCUT2D eigenvalue weighted by Gasteiger charge is 2.10. The van der Waals surface area contributed by atoms with Crippen LogP contribution >= 0.6 is 0 Å². The Morgan fingerprint density at radius 3 is 2.72 bits per heavy atom. The summed E-state index contributed by atoms with van der Waals surface area (Å²) in [6, 6.07) is 6.81. The van der Waals surface area contributed by atoms with Crippen LogP contribution in [0, 0.1) is 6.92 Å². The Hall–Kier alpha value is -3.35. The molecule has 0 radical (unpaired) electrons. The summed E-state index contributed by atoms with van der Waals surface area (Å²) >= 11 is 0. The van der Waals surface area contributed by atoms with Crippen LogP contribution in [-0.4, -0.2) is 31.2 Å². The number of rotatable bonds is 5. The van der Waals surface area contributed by atoms with E-state index < -0.39 is 0 Å². The summed E-state index contributed by atoms with van der Waals surface area (Å²) in [4.78, 5) is 36.3. The second kappa shape index (κ2) is 7.04. The lowest BCUT2D eigenvalue weighted by Crippen LogP contribution is -2.23. The lowest BCUT2D eigenvalue weighted by Gasteiger charge is -2.08. The molecule has 0 spiro atoms. The number of hydrogen-bond acceptors (Lipinski definition) is 5. The summed E-state index contributed by atoms with van der Waals surface area (Å²) in [5.41, 5.74) is 2.44.